The van der Waals surface area contributed by atoms with Crippen molar-refractivity contribution in [2.75, 3.05) is 25.6 Å². The van der Waals surface area contributed by atoms with Gasteiger partial charge in [0.2, 0.25) is 5.91 Å². The van der Waals surface area contributed by atoms with E-state index >= 15 is 0 Å². The maximum Gasteiger partial charge on any atom is 0.226 e. The fraction of sp³-hybridized carbons (Fsp3) is 0.533. The number of carbonyl (C=O) groups is 1. The Kier molecular flexibility index (Phi) is 6.36. The van der Waals surface area contributed by atoms with Crippen LogP contribution in [0.15, 0.2) is 24.3 Å². The zero-order chi connectivity index (χ0) is 14.3. The minimum atomic E-state index is 0.105. The molecule has 0 heterocycles. The van der Waals surface area contributed by atoms with Gasteiger partial charge in [-0.3, -0.25) is 4.79 Å². The van der Waals surface area contributed by atoms with Crippen LogP contribution in [0, 0.1) is 5.92 Å². The number of hydrogen-bond donors (Lipinski definition) is 1. The average Bonchev–Trinajstić information content (AvgIpc) is 2.44. The Hall–Kier alpha value is -1.55. The van der Waals surface area contributed by atoms with Gasteiger partial charge >= 0.3 is 0 Å². The molecule has 0 aliphatic heterocycles. The van der Waals surface area contributed by atoms with Crippen LogP contribution in [0.4, 0.5) is 5.69 Å². The van der Waals surface area contributed by atoms with Crippen LogP contribution in [0.1, 0.15) is 26.2 Å². The summed E-state index contributed by atoms with van der Waals surface area (Å²) in [6.07, 6.45) is 2.37. The molecular formula is C15H24N2O2. The molecular weight excluding hydrogens is 240 g/mol. The Bertz CT molecular complexity index is 407. The van der Waals surface area contributed by atoms with Crippen molar-refractivity contribution < 1.29 is 9.53 Å². The molecule has 0 saturated carbocycles. The van der Waals surface area contributed by atoms with Crippen LogP contribution in [-0.4, -0.2) is 26.6 Å². The van der Waals surface area contributed by atoms with Crippen molar-refractivity contribution in [3.63, 3.8) is 0 Å². The first-order chi connectivity index (χ1) is 9.10. The highest BCUT2D eigenvalue weighted by Crippen LogP contribution is 2.27. The smallest absolute Gasteiger partial charge is 0.226 e. The van der Waals surface area contributed by atoms with Crippen LogP contribution < -0.4 is 15.4 Å². The Morgan fingerprint density at radius 3 is 2.68 bits per heavy atom. The second-order valence-electron chi connectivity index (χ2n) is 4.85. The fourth-order valence-electron chi connectivity index (χ4n) is 2.01. The van der Waals surface area contributed by atoms with E-state index < -0.39 is 0 Å². The first kappa shape index (κ1) is 15.5. The van der Waals surface area contributed by atoms with Gasteiger partial charge in [-0.05, 0) is 37.4 Å². The van der Waals surface area contributed by atoms with E-state index in [2.05, 4.69) is 6.92 Å². The number of rotatable bonds is 7. The van der Waals surface area contributed by atoms with E-state index in [0.29, 0.717) is 24.6 Å². The molecule has 0 saturated heterocycles. The van der Waals surface area contributed by atoms with Gasteiger partial charge in [0, 0.05) is 13.5 Å². The highest BCUT2D eigenvalue weighted by molar-refractivity contribution is 5.94. The summed E-state index contributed by atoms with van der Waals surface area (Å²) in [5.74, 6) is 1.31. The van der Waals surface area contributed by atoms with Gasteiger partial charge in [0.05, 0.1) is 12.8 Å². The maximum atomic E-state index is 12.2. The van der Waals surface area contributed by atoms with Crippen molar-refractivity contribution in [2.24, 2.45) is 11.7 Å². The van der Waals surface area contributed by atoms with Crippen LogP contribution in [-0.2, 0) is 4.79 Å². The lowest BCUT2D eigenvalue weighted by Crippen LogP contribution is -2.26. The third kappa shape index (κ3) is 4.56. The molecule has 0 aliphatic carbocycles. The zero-order valence-corrected chi connectivity index (χ0v) is 12.1. The molecule has 0 aliphatic rings. The predicted molar refractivity (Wildman–Crippen MR) is 78.5 cm³/mol. The minimum absolute atomic E-state index is 0.105. The van der Waals surface area contributed by atoms with Gasteiger partial charge in [-0.2, -0.15) is 0 Å². The summed E-state index contributed by atoms with van der Waals surface area (Å²) in [4.78, 5) is 13.8. The van der Waals surface area contributed by atoms with Crippen LogP contribution in [0.2, 0.25) is 0 Å². The molecule has 0 fully saturated rings. The summed E-state index contributed by atoms with van der Waals surface area (Å²) < 4.78 is 5.27. The van der Waals surface area contributed by atoms with E-state index in [-0.39, 0.29) is 5.91 Å². The number of para-hydroxylation sites is 2. The molecule has 1 unspecified atom stereocenters. The summed E-state index contributed by atoms with van der Waals surface area (Å²) in [7, 11) is 3.40. The molecule has 2 N–H and O–H groups in total. The molecule has 1 aromatic rings. The molecule has 0 radical (unpaired) electrons. The number of carbonyl (C=O) groups excluding carboxylic acids is 1. The summed E-state index contributed by atoms with van der Waals surface area (Å²) in [5.41, 5.74) is 6.32. The van der Waals surface area contributed by atoms with Crippen LogP contribution in [0.25, 0.3) is 0 Å². The van der Waals surface area contributed by atoms with E-state index in [1.165, 1.54) is 0 Å². The zero-order valence-electron chi connectivity index (χ0n) is 12.1. The predicted octanol–water partition coefficient (Wildman–Crippen LogP) is 2.42. The van der Waals surface area contributed by atoms with Crippen molar-refractivity contribution >= 4 is 11.6 Å². The van der Waals surface area contributed by atoms with Gasteiger partial charge in [-0.15, -0.1) is 0 Å². The Morgan fingerprint density at radius 1 is 1.37 bits per heavy atom. The van der Waals surface area contributed by atoms with Gasteiger partial charge in [-0.1, -0.05) is 19.1 Å². The summed E-state index contributed by atoms with van der Waals surface area (Å²) in [6, 6.07) is 7.54. The fourth-order valence-corrected chi connectivity index (χ4v) is 2.01. The van der Waals surface area contributed by atoms with Crippen LogP contribution >= 0.6 is 0 Å². The monoisotopic (exact) mass is 264 g/mol. The third-order valence-electron chi connectivity index (χ3n) is 3.33. The van der Waals surface area contributed by atoms with Gasteiger partial charge < -0.3 is 15.4 Å². The number of amides is 1. The first-order valence-corrected chi connectivity index (χ1v) is 6.69. The van der Waals surface area contributed by atoms with Gasteiger partial charge in [0.25, 0.3) is 0 Å². The highest BCUT2D eigenvalue weighted by atomic mass is 16.5. The second-order valence-corrected chi connectivity index (χ2v) is 4.85. The van der Waals surface area contributed by atoms with Crippen molar-refractivity contribution in [1.82, 2.24) is 0 Å². The molecule has 1 rings (SSSR count). The van der Waals surface area contributed by atoms with Gasteiger partial charge in [0.1, 0.15) is 5.75 Å². The molecule has 19 heavy (non-hydrogen) atoms. The molecule has 0 bridgehead atoms. The maximum absolute atomic E-state index is 12.2. The quantitative estimate of drug-likeness (QED) is 0.823. The molecule has 1 amide bonds. The largest absolute Gasteiger partial charge is 0.495 e. The number of hydrogen-bond acceptors (Lipinski definition) is 3. The Balaban J connectivity index is 2.61. The SMILES string of the molecule is COc1ccccc1N(C)C(=O)CCC(C)CCN. The lowest BCUT2D eigenvalue weighted by atomic mass is 10.0. The van der Waals surface area contributed by atoms with Crippen LogP contribution in [0.3, 0.4) is 0 Å². The minimum Gasteiger partial charge on any atom is -0.495 e. The first-order valence-electron chi connectivity index (χ1n) is 6.69. The standard InChI is InChI=1S/C15H24N2O2/c1-12(10-11-16)8-9-15(18)17(2)13-6-4-5-7-14(13)19-3/h4-7,12H,8-11,16H2,1-3H3. The molecule has 4 nitrogen and oxygen atoms in total. The molecule has 0 aromatic heterocycles. The lowest BCUT2D eigenvalue weighted by molar-refractivity contribution is -0.118. The van der Waals surface area contributed by atoms with E-state index in [0.717, 1.165) is 18.5 Å². The van der Waals surface area contributed by atoms with Gasteiger partial charge in [0.15, 0.2) is 0 Å². The number of ether oxygens (including phenoxy) is 1. The summed E-state index contributed by atoms with van der Waals surface area (Å²) >= 11 is 0. The Labute approximate surface area is 115 Å². The second kappa shape index (κ2) is 7.79. The number of anilines is 1. The molecule has 1 atom stereocenters. The van der Waals surface area contributed by atoms with Crippen molar-refractivity contribution in [3.8, 4) is 5.75 Å². The number of nitrogens with zero attached hydrogens (tertiary/aromatic N) is 1. The van der Waals surface area contributed by atoms with E-state index in [1.54, 1.807) is 19.1 Å². The molecule has 1 aromatic carbocycles. The van der Waals surface area contributed by atoms with Crippen molar-refractivity contribution in [1.29, 1.82) is 0 Å². The van der Waals surface area contributed by atoms with Gasteiger partial charge in [-0.25, -0.2) is 0 Å². The van der Waals surface area contributed by atoms with E-state index in [9.17, 15) is 4.79 Å². The van der Waals surface area contributed by atoms with Crippen molar-refractivity contribution in [3.05, 3.63) is 24.3 Å². The Morgan fingerprint density at radius 2 is 2.05 bits per heavy atom. The molecule has 0 spiro atoms. The molecule has 4 heteroatoms. The van der Waals surface area contributed by atoms with Crippen LogP contribution in [0.5, 0.6) is 5.75 Å². The normalized spacial score (nSPS) is 12.0. The topological polar surface area (TPSA) is 55.6 Å². The number of nitrogens with two attached hydrogens (primary N) is 1. The number of benzene rings is 1. The van der Waals surface area contributed by atoms with E-state index in [1.807, 2.05) is 24.3 Å². The summed E-state index contributed by atoms with van der Waals surface area (Å²) in [5, 5.41) is 0. The van der Waals surface area contributed by atoms with E-state index in [4.69, 9.17) is 10.5 Å². The number of methoxy groups -OCH3 is 1. The lowest BCUT2D eigenvalue weighted by Gasteiger charge is -2.20. The third-order valence-corrected chi connectivity index (χ3v) is 3.33. The molecule has 106 valence electrons. The highest BCUT2D eigenvalue weighted by Gasteiger charge is 2.15. The summed E-state index contributed by atoms with van der Waals surface area (Å²) in [6.45, 7) is 2.81. The van der Waals surface area contributed by atoms with Crippen molar-refractivity contribution in [2.45, 2.75) is 26.2 Å². The average molecular weight is 264 g/mol.